The Morgan fingerprint density at radius 1 is 1.75 bits per heavy atom. The number of hydrogen-bond acceptors (Lipinski definition) is 4. The minimum atomic E-state index is -0.410. The van der Waals surface area contributed by atoms with E-state index in [0.717, 1.165) is 18.7 Å². The standard InChI is InChI=1S/C9H11N5O2/c10-13-12-5-7-6-14(9(15)16-7)8-3-1-2-4-11-8/h2,4,7H,1,3,5-6H2/t7-/m0/s1. The molecular formula is C9H11N5O2. The molecule has 2 aliphatic heterocycles. The van der Waals surface area contributed by atoms with Gasteiger partial charge in [0.15, 0.2) is 0 Å². The van der Waals surface area contributed by atoms with Crippen LogP contribution in [0.25, 0.3) is 10.4 Å². The Labute approximate surface area is 92.0 Å². The van der Waals surface area contributed by atoms with Crippen LogP contribution < -0.4 is 0 Å². The van der Waals surface area contributed by atoms with E-state index in [-0.39, 0.29) is 12.6 Å². The highest BCUT2D eigenvalue weighted by Gasteiger charge is 2.33. The lowest BCUT2D eigenvalue weighted by molar-refractivity contribution is 0.139. The number of amides is 1. The lowest BCUT2D eigenvalue weighted by Gasteiger charge is -2.16. The molecule has 0 bridgehead atoms. The van der Waals surface area contributed by atoms with Gasteiger partial charge in [-0.25, -0.2) is 9.79 Å². The fourth-order valence-electron chi connectivity index (χ4n) is 1.65. The Hall–Kier alpha value is -2.01. The Kier molecular flexibility index (Phi) is 3.07. The molecule has 84 valence electrons. The number of rotatable bonds is 2. The monoisotopic (exact) mass is 221 g/mol. The van der Waals surface area contributed by atoms with Gasteiger partial charge < -0.3 is 4.74 Å². The van der Waals surface area contributed by atoms with E-state index < -0.39 is 6.09 Å². The zero-order chi connectivity index (χ0) is 11.4. The number of azide groups is 1. The molecule has 7 nitrogen and oxygen atoms in total. The summed E-state index contributed by atoms with van der Waals surface area (Å²) in [4.78, 5) is 19.8. The molecule has 0 aliphatic carbocycles. The number of carbonyl (C=O) groups is 1. The van der Waals surface area contributed by atoms with Crippen LogP contribution in [0, 0.1) is 0 Å². The minimum absolute atomic E-state index is 0.169. The topological polar surface area (TPSA) is 90.7 Å². The summed E-state index contributed by atoms with van der Waals surface area (Å²) >= 11 is 0. The Balaban J connectivity index is 2.01. The van der Waals surface area contributed by atoms with Gasteiger partial charge in [0.2, 0.25) is 0 Å². The van der Waals surface area contributed by atoms with Crippen molar-refractivity contribution in [3.8, 4) is 0 Å². The molecule has 0 spiro atoms. The predicted octanol–water partition coefficient (Wildman–Crippen LogP) is 1.82. The summed E-state index contributed by atoms with van der Waals surface area (Å²) in [6, 6.07) is 0. The van der Waals surface area contributed by atoms with E-state index in [0.29, 0.717) is 6.54 Å². The number of cyclic esters (lactones) is 1. The van der Waals surface area contributed by atoms with Crippen molar-refractivity contribution in [2.24, 2.45) is 10.1 Å². The van der Waals surface area contributed by atoms with Gasteiger partial charge in [0.05, 0.1) is 13.1 Å². The molecule has 0 aromatic heterocycles. The third-order valence-electron chi connectivity index (χ3n) is 2.40. The molecule has 16 heavy (non-hydrogen) atoms. The maximum atomic E-state index is 11.5. The highest BCUT2D eigenvalue weighted by atomic mass is 16.6. The quantitative estimate of drug-likeness (QED) is 0.404. The highest BCUT2D eigenvalue weighted by molar-refractivity contribution is 5.97. The van der Waals surface area contributed by atoms with Crippen molar-refractivity contribution in [1.29, 1.82) is 0 Å². The first kappa shape index (κ1) is 10.5. The Morgan fingerprint density at radius 2 is 2.62 bits per heavy atom. The van der Waals surface area contributed by atoms with Crippen molar-refractivity contribution in [2.45, 2.75) is 18.9 Å². The molecule has 2 heterocycles. The highest BCUT2D eigenvalue weighted by Crippen LogP contribution is 2.16. The summed E-state index contributed by atoms with van der Waals surface area (Å²) in [5.41, 5.74) is 8.18. The van der Waals surface area contributed by atoms with Gasteiger partial charge in [-0.2, -0.15) is 0 Å². The lowest BCUT2D eigenvalue weighted by Crippen LogP contribution is -2.33. The number of ether oxygens (including phenoxy) is 1. The van der Waals surface area contributed by atoms with Crippen LogP contribution >= 0.6 is 0 Å². The van der Waals surface area contributed by atoms with Crippen LogP contribution in [-0.2, 0) is 4.74 Å². The van der Waals surface area contributed by atoms with Gasteiger partial charge in [0.1, 0.15) is 11.9 Å². The SMILES string of the molecule is [N-]=[N+]=NC[C@H]1CN(C2=NC=CCC2)C(=O)O1. The van der Waals surface area contributed by atoms with Crippen molar-refractivity contribution in [2.75, 3.05) is 13.1 Å². The van der Waals surface area contributed by atoms with E-state index in [1.165, 1.54) is 4.90 Å². The first-order chi connectivity index (χ1) is 7.81. The minimum Gasteiger partial charge on any atom is -0.444 e. The fraction of sp³-hybridized carbons (Fsp3) is 0.556. The van der Waals surface area contributed by atoms with Gasteiger partial charge in [-0.15, -0.1) is 0 Å². The van der Waals surface area contributed by atoms with E-state index in [4.69, 9.17) is 10.3 Å². The molecule has 0 aromatic carbocycles. The van der Waals surface area contributed by atoms with Gasteiger partial charge in [-0.05, 0) is 12.0 Å². The largest absolute Gasteiger partial charge is 0.444 e. The summed E-state index contributed by atoms with van der Waals surface area (Å²) in [6.07, 6.45) is 4.47. The second-order valence-electron chi connectivity index (χ2n) is 3.50. The third-order valence-corrected chi connectivity index (χ3v) is 2.40. The van der Waals surface area contributed by atoms with E-state index in [2.05, 4.69) is 15.0 Å². The zero-order valence-electron chi connectivity index (χ0n) is 8.61. The first-order valence-corrected chi connectivity index (χ1v) is 5.02. The molecule has 0 unspecified atom stereocenters. The summed E-state index contributed by atoms with van der Waals surface area (Å²) in [6.45, 7) is 0.576. The average molecular weight is 221 g/mol. The molecule has 1 fully saturated rings. The molecule has 1 amide bonds. The Morgan fingerprint density at radius 3 is 3.31 bits per heavy atom. The third kappa shape index (κ3) is 2.14. The summed E-state index contributed by atoms with van der Waals surface area (Å²) < 4.78 is 5.05. The summed E-state index contributed by atoms with van der Waals surface area (Å²) in [7, 11) is 0. The van der Waals surface area contributed by atoms with E-state index in [1.54, 1.807) is 6.20 Å². The number of hydrogen-bond donors (Lipinski definition) is 0. The van der Waals surface area contributed by atoms with Crippen LogP contribution in [0.4, 0.5) is 4.79 Å². The van der Waals surface area contributed by atoms with E-state index >= 15 is 0 Å². The molecule has 0 aromatic rings. The number of allylic oxidation sites excluding steroid dienone is 1. The fourth-order valence-corrected chi connectivity index (χ4v) is 1.65. The van der Waals surface area contributed by atoms with Crippen LogP contribution in [0.2, 0.25) is 0 Å². The van der Waals surface area contributed by atoms with Crippen LogP contribution in [0.3, 0.4) is 0 Å². The van der Waals surface area contributed by atoms with Crippen molar-refractivity contribution < 1.29 is 9.53 Å². The lowest BCUT2D eigenvalue weighted by atomic mass is 10.2. The van der Waals surface area contributed by atoms with E-state index in [1.807, 2.05) is 6.08 Å². The average Bonchev–Trinajstić information content (AvgIpc) is 2.69. The molecular weight excluding hydrogens is 210 g/mol. The van der Waals surface area contributed by atoms with Crippen LogP contribution in [0.1, 0.15) is 12.8 Å². The van der Waals surface area contributed by atoms with Gasteiger partial charge >= 0.3 is 6.09 Å². The number of amidine groups is 1. The van der Waals surface area contributed by atoms with Gasteiger partial charge in [-0.1, -0.05) is 11.2 Å². The van der Waals surface area contributed by atoms with Crippen LogP contribution in [0.15, 0.2) is 22.4 Å². The van der Waals surface area contributed by atoms with Gasteiger partial charge in [0.25, 0.3) is 0 Å². The predicted molar refractivity (Wildman–Crippen MR) is 56.8 cm³/mol. The molecule has 1 atom stereocenters. The molecule has 0 N–H and O–H groups in total. The normalized spacial score (nSPS) is 23.8. The summed E-state index contributed by atoms with van der Waals surface area (Å²) in [5.74, 6) is 0.718. The second kappa shape index (κ2) is 4.67. The van der Waals surface area contributed by atoms with Crippen molar-refractivity contribution in [3.63, 3.8) is 0 Å². The van der Waals surface area contributed by atoms with Gasteiger partial charge in [-0.3, -0.25) is 4.90 Å². The second-order valence-corrected chi connectivity index (χ2v) is 3.50. The Bertz CT molecular complexity index is 397. The number of aliphatic imine (C=N–C) groups is 1. The number of carbonyl (C=O) groups excluding carboxylic acids is 1. The molecule has 0 saturated carbocycles. The molecule has 0 radical (unpaired) electrons. The van der Waals surface area contributed by atoms with Gasteiger partial charge in [0, 0.05) is 17.5 Å². The first-order valence-electron chi connectivity index (χ1n) is 5.02. The van der Waals surface area contributed by atoms with Crippen molar-refractivity contribution in [3.05, 3.63) is 22.7 Å². The molecule has 2 rings (SSSR count). The smallest absolute Gasteiger partial charge is 0.415 e. The van der Waals surface area contributed by atoms with Crippen LogP contribution in [-0.4, -0.2) is 36.0 Å². The number of nitrogens with zero attached hydrogens (tertiary/aromatic N) is 5. The van der Waals surface area contributed by atoms with E-state index in [9.17, 15) is 4.79 Å². The maximum absolute atomic E-state index is 11.5. The van der Waals surface area contributed by atoms with Crippen LogP contribution in [0.5, 0.6) is 0 Å². The zero-order valence-corrected chi connectivity index (χ0v) is 8.61. The van der Waals surface area contributed by atoms with Crippen molar-refractivity contribution in [1.82, 2.24) is 4.90 Å². The maximum Gasteiger partial charge on any atom is 0.415 e. The molecule has 2 aliphatic rings. The molecule has 1 saturated heterocycles. The summed E-state index contributed by atoms with van der Waals surface area (Å²) in [5, 5.41) is 3.39. The van der Waals surface area contributed by atoms with Crippen molar-refractivity contribution >= 4 is 11.9 Å². The molecule has 7 heteroatoms.